The van der Waals surface area contributed by atoms with E-state index in [0.717, 1.165) is 95.9 Å². The molecule has 0 radical (unpaired) electrons. The molecule has 0 aliphatic carbocycles. The van der Waals surface area contributed by atoms with Crippen molar-refractivity contribution in [1.29, 1.82) is 0 Å². The Morgan fingerprint density at radius 1 is 0.113 bits per heavy atom. The van der Waals surface area contributed by atoms with Gasteiger partial charge in [-0.25, -0.2) is 29.9 Å². The summed E-state index contributed by atoms with van der Waals surface area (Å²) >= 11 is 7.42. The molecule has 29 rings (SSSR count). The van der Waals surface area contributed by atoms with Crippen LogP contribution in [0.5, 0.6) is 0 Å². The molecule has 0 spiro atoms. The van der Waals surface area contributed by atoms with Gasteiger partial charge in [0.1, 0.15) is 0 Å². The largest absolute Gasteiger partial charge is 0.228 e. The predicted molar refractivity (Wildman–Crippen MR) is 640 cm³/mol. The fraction of sp³-hybridized carbons (Fsp3) is 0. The van der Waals surface area contributed by atoms with Crippen LogP contribution in [-0.2, 0) is 0 Å². The average molecular weight is 1980 g/mol. The van der Waals surface area contributed by atoms with Gasteiger partial charge in [-0.2, -0.15) is 0 Å². The van der Waals surface area contributed by atoms with Crippen LogP contribution in [-0.4, -0.2) is 29.9 Å². The summed E-state index contributed by atoms with van der Waals surface area (Å²) in [7, 11) is 0. The molecule has 0 atom stereocenters. The molecule has 0 unspecified atom stereocenters. The summed E-state index contributed by atoms with van der Waals surface area (Å²) in [5, 5.41) is 15.5. The number of fused-ring (bicyclic) bond motifs is 14. The molecule has 10 heteroatoms. The number of rotatable bonds is 16. The highest BCUT2D eigenvalue weighted by Gasteiger charge is 2.21. The van der Waals surface area contributed by atoms with Crippen molar-refractivity contribution in [2.75, 3.05) is 0 Å². The molecule has 22 aromatic carbocycles. The van der Waals surface area contributed by atoms with Crippen LogP contribution in [0, 0.1) is 0 Å². The lowest BCUT2D eigenvalue weighted by atomic mass is 9.97. The fourth-order valence-electron chi connectivity index (χ4n) is 20.7. The normalized spacial score (nSPS) is 11.5. The number of hydrogen-bond donors (Lipinski definition) is 0. The van der Waals surface area contributed by atoms with E-state index in [9.17, 15) is 0 Å². The maximum absolute atomic E-state index is 5.09. The highest BCUT2D eigenvalue weighted by Crippen LogP contribution is 2.46. The quantitative estimate of drug-likeness (QED) is 0.0959. The van der Waals surface area contributed by atoms with E-state index in [-0.39, 0.29) is 0 Å². The van der Waals surface area contributed by atoms with Crippen molar-refractivity contribution in [3.8, 4) is 180 Å². The maximum atomic E-state index is 5.09. The molecule has 0 fully saturated rings. The molecule has 6 nitrogen and oxygen atoms in total. The second-order valence-electron chi connectivity index (χ2n) is 37.9. The fourth-order valence-corrected chi connectivity index (χ4v) is 25.1. The Morgan fingerprint density at radius 3 is 0.633 bits per heavy atom. The van der Waals surface area contributed by atoms with Crippen molar-refractivity contribution in [2.24, 2.45) is 0 Å². The summed E-state index contributed by atoms with van der Waals surface area (Å²) in [4.78, 5) is 30.4. The Kier molecular flexibility index (Phi) is 23.7. The van der Waals surface area contributed by atoms with Gasteiger partial charge in [-0.05, 0) is 190 Å². The number of aromatic nitrogens is 6. The van der Waals surface area contributed by atoms with E-state index in [2.05, 4.69) is 479 Å². The number of hydrogen-bond acceptors (Lipinski definition) is 10. The smallest absolute Gasteiger partial charge is 0.160 e. The van der Waals surface area contributed by atoms with E-state index < -0.39 is 0 Å². The van der Waals surface area contributed by atoms with Gasteiger partial charge in [0.05, 0.1) is 34.2 Å². The van der Waals surface area contributed by atoms with Gasteiger partial charge >= 0.3 is 0 Å². The van der Waals surface area contributed by atoms with E-state index >= 15 is 0 Å². The Balaban J connectivity index is 0.000000111. The van der Waals surface area contributed by atoms with Gasteiger partial charge in [0.15, 0.2) is 17.5 Å². The van der Waals surface area contributed by atoms with E-state index in [1.165, 1.54) is 180 Å². The van der Waals surface area contributed by atoms with Crippen LogP contribution in [0.15, 0.2) is 534 Å². The third-order valence-electron chi connectivity index (χ3n) is 28.6. The van der Waals surface area contributed by atoms with Gasteiger partial charge in [-0.1, -0.05) is 443 Å². The van der Waals surface area contributed by atoms with Gasteiger partial charge in [0.2, 0.25) is 0 Å². The molecular formula is C140H88N6S4. The molecule has 7 heterocycles. The van der Waals surface area contributed by atoms with Gasteiger partial charge in [-0.15, -0.1) is 45.3 Å². The molecule has 0 N–H and O–H groups in total. The molecule has 702 valence electrons. The lowest BCUT2D eigenvalue weighted by Crippen LogP contribution is -1.96. The van der Waals surface area contributed by atoms with Gasteiger partial charge in [-0.3, -0.25) is 0 Å². The maximum Gasteiger partial charge on any atom is 0.160 e. The highest BCUT2D eigenvalue weighted by atomic mass is 32.1. The number of thiophene rings is 4. The second-order valence-corrected chi connectivity index (χ2v) is 42.2. The summed E-state index contributed by atoms with van der Waals surface area (Å²) in [6, 6.07) is 190. The van der Waals surface area contributed by atoms with Crippen molar-refractivity contribution >= 4 is 148 Å². The van der Waals surface area contributed by atoms with Crippen LogP contribution in [0.1, 0.15) is 0 Å². The predicted octanol–water partition coefficient (Wildman–Crippen LogP) is 39.9. The third-order valence-corrected chi connectivity index (χ3v) is 33.3. The lowest BCUT2D eigenvalue weighted by Gasteiger charge is -2.11. The van der Waals surface area contributed by atoms with E-state index in [0.29, 0.717) is 5.82 Å². The third kappa shape index (κ3) is 18.0. The standard InChI is InChI=1S/C50H32N2S.C46H28N2S2.C44H28N2S/c1-2-9-40(10-3-1)50-51-46(32-47(52-50)39-25-20-36(21-26-39)42-27-22-33-8-4-5-11-41(33)30-42)38-23-18-35(19-24-38)34-14-16-37(17-15-34)43-28-29-49-45(31-43)44-12-6-7-13-48(44)53-49;1-2-9-33(10-3-1)46-47-40(31-21-17-29(18-22-31)34-25-26-44-39(27-34)37-12-5-6-15-42(37)49-44)28-41(48-46)32-23-19-30(20-24-32)35-13-8-14-38-36-11-4-7-16-43(36)50-45(35)38;1-2-9-34(10-3-1)44-45-40(32-19-14-30(15-20-32)36-23-18-29-8-4-5-11-35(29)26-36)28-41(46-44)33-21-16-31(17-22-33)37-24-25-43-39(27-37)38-12-6-7-13-42(38)47-43/h1-32H;1-28H;1-28H. The molecule has 0 amide bonds. The second kappa shape index (κ2) is 39.4. The van der Waals surface area contributed by atoms with Crippen molar-refractivity contribution in [3.05, 3.63) is 534 Å². The molecule has 0 saturated heterocycles. The van der Waals surface area contributed by atoms with Crippen LogP contribution in [0.2, 0.25) is 0 Å². The van der Waals surface area contributed by atoms with Crippen molar-refractivity contribution in [1.82, 2.24) is 29.9 Å². The van der Waals surface area contributed by atoms with Crippen LogP contribution >= 0.6 is 45.3 Å². The monoisotopic (exact) mass is 1980 g/mol. The summed E-state index contributed by atoms with van der Waals surface area (Å²) < 4.78 is 10.6. The summed E-state index contributed by atoms with van der Waals surface area (Å²) in [5.41, 5.74) is 31.6. The Morgan fingerprint density at radius 2 is 0.327 bits per heavy atom. The average Bonchev–Trinajstić information content (AvgIpc) is 1.60. The molecule has 0 bridgehead atoms. The van der Waals surface area contributed by atoms with Gasteiger partial charge in [0.25, 0.3) is 0 Å². The zero-order valence-corrected chi connectivity index (χ0v) is 84.4. The van der Waals surface area contributed by atoms with Crippen LogP contribution < -0.4 is 0 Å². The number of nitrogens with zero attached hydrogens (tertiary/aromatic N) is 6. The Hall–Kier alpha value is -18.5. The Bertz CT molecular complexity index is 10200. The van der Waals surface area contributed by atoms with E-state index in [4.69, 9.17) is 29.9 Å². The molecule has 29 aromatic rings. The van der Waals surface area contributed by atoms with Crippen LogP contribution in [0.25, 0.3) is 282 Å². The zero-order valence-electron chi connectivity index (χ0n) is 81.1. The van der Waals surface area contributed by atoms with Gasteiger partial charge < -0.3 is 0 Å². The molecule has 7 aromatic heterocycles. The number of benzene rings is 22. The van der Waals surface area contributed by atoms with Crippen LogP contribution in [0.3, 0.4) is 0 Å². The summed E-state index contributed by atoms with van der Waals surface area (Å²) in [6.45, 7) is 0. The summed E-state index contributed by atoms with van der Waals surface area (Å²) in [5.74, 6) is 2.15. The summed E-state index contributed by atoms with van der Waals surface area (Å²) in [6.07, 6.45) is 0. The minimum atomic E-state index is 0.713. The minimum Gasteiger partial charge on any atom is -0.228 e. The first-order chi connectivity index (χ1) is 74.2. The van der Waals surface area contributed by atoms with E-state index in [1.807, 2.05) is 99.9 Å². The first kappa shape index (κ1) is 90.3. The highest BCUT2D eigenvalue weighted by molar-refractivity contribution is 7.27. The van der Waals surface area contributed by atoms with Gasteiger partial charge in [0, 0.05) is 131 Å². The first-order valence-electron chi connectivity index (χ1n) is 50.4. The first-order valence-corrected chi connectivity index (χ1v) is 53.7. The molecule has 0 aliphatic heterocycles. The Labute approximate surface area is 883 Å². The van der Waals surface area contributed by atoms with Crippen LogP contribution in [0.4, 0.5) is 0 Å². The minimum absolute atomic E-state index is 0.713. The molecule has 0 saturated carbocycles. The zero-order chi connectivity index (χ0) is 99.3. The van der Waals surface area contributed by atoms with Crippen molar-refractivity contribution < 1.29 is 0 Å². The molecule has 0 aliphatic rings. The lowest BCUT2D eigenvalue weighted by molar-refractivity contribution is 1.18. The SMILES string of the molecule is c1ccc(-c2nc(-c3ccc(-c4ccc(-c5ccc6sc7ccccc7c6c5)cc4)cc3)cc(-c3ccc(-c4ccc5ccccc5c4)cc3)n2)cc1.c1ccc(-c2nc(-c3ccc(-c4ccc5ccccc5c4)cc3)cc(-c3ccc(-c4ccc5sc6ccccc6c5c4)cc3)n2)cc1.c1ccc(-c2nc(-c3ccc(-c4ccc5sc6ccccc6c5c4)cc3)cc(-c3ccc(-c4cccc5c4sc4ccccc45)cc3)n2)cc1. The van der Waals surface area contributed by atoms with Crippen molar-refractivity contribution in [3.63, 3.8) is 0 Å². The van der Waals surface area contributed by atoms with E-state index in [1.54, 1.807) is 0 Å². The molecular weight excluding hydrogens is 1890 g/mol. The van der Waals surface area contributed by atoms with Crippen molar-refractivity contribution in [2.45, 2.75) is 0 Å². The topological polar surface area (TPSA) is 77.3 Å². The molecule has 150 heavy (non-hydrogen) atoms.